The van der Waals surface area contributed by atoms with Crippen LogP contribution >= 0.6 is 0 Å². The Labute approximate surface area is 252 Å². The number of halogens is 4. The first kappa shape index (κ1) is 32.1. The van der Waals surface area contributed by atoms with Crippen molar-refractivity contribution in [2.45, 2.75) is 102 Å². The lowest BCUT2D eigenvalue weighted by atomic mass is 9.83. The largest absolute Gasteiger partial charge is 0.380 e. The normalized spacial score (nSPS) is 27.3. The Morgan fingerprint density at radius 3 is 2.82 bits per heavy atom. The maximum atomic E-state index is 15.2. The predicted octanol–water partition coefficient (Wildman–Crippen LogP) is 3.51. The fourth-order valence-corrected chi connectivity index (χ4v) is 6.11. The molecule has 2 saturated heterocycles. The van der Waals surface area contributed by atoms with Crippen molar-refractivity contribution in [1.29, 1.82) is 0 Å². The highest BCUT2D eigenvalue weighted by atomic mass is 19.3. The van der Waals surface area contributed by atoms with Crippen LogP contribution < -0.4 is 21.5 Å². The topological polar surface area (TPSA) is 143 Å². The van der Waals surface area contributed by atoms with Crippen molar-refractivity contribution < 1.29 is 36.8 Å². The van der Waals surface area contributed by atoms with Crippen LogP contribution in [0.3, 0.4) is 0 Å². The van der Waals surface area contributed by atoms with E-state index in [2.05, 4.69) is 36.7 Å². The number of alkyl halides is 4. The number of oxime groups is 1. The Morgan fingerprint density at radius 2 is 2.09 bits per heavy atom. The van der Waals surface area contributed by atoms with Crippen LogP contribution in [0.15, 0.2) is 16.3 Å². The van der Waals surface area contributed by atoms with Crippen molar-refractivity contribution in [3.63, 3.8) is 0 Å². The van der Waals surface area contributed by atoms with Gasteiger partial charge < -0.3 is 20.8 Å². The fourth-order valence-electron chi connectivity index (χ4n) is 6.11. The summed E-state index contributed by atoms with van der Waals surface area (Å²) in [7, 11) is 0. The predicted molar refractivity (Wildman–Crippen MR) is 152 cm³/mol. The van der Waals surface area contributed by atoms with Crippen molar-refractivity contribution in [3.8, 4) is 0 Å². The van der Waals surface area contributed by atoms with Gasteiger partial charge in [-0.1, -0.05) is 25.4 Å². The molecule has 4 unspecified atom stereocenters. The molecule has 4 aliphatic heterocycles. The molecule has 4 aliphatic rings. The molecule has 0 aliphatic carbocycles. The Bertz CT molecular complexity index is 1270. The van der Waals surface area contributed by atoms with Gasteiger partial charge in [0.25, 0.3) is 11.8 Å². The third-order valence-electron chi connectivity index (χ3n) is 8.62. The van der Waals surface area contributed by atoms with Gasteiger partial charge in [0, 0.05) is 31.7 Å². The van der Waals surface area contributed by atoms with Gasteiger partial charge in [0.2, 0.25) is 17.8 Å². The van der Waals surface area contributed by atoms with Crippen LogP contribution in [0, 0.1) is 11.8 Å². The maximum Gasteiger partial charge on any atom is 0.271 e. The molecule has 2 fully saturated rings. The number of fused-ring (bicyclic) bond motifs is 1. The van der Waals surface area contributed by atoms with Crippen molar-refractivity contribution >= 4 is 29.2 Å². The quantitative estimate of drug-likeness (QED) is 0.260. The molecule has 0 bridgehead atoms. The number of nitrogens with one attached hydrogen (secondary N) is 4. The van der Waals surface area contributed by atoms with E-state index < -0.39 is 60.6 Å². The van der Waals surface area contributed by atoms with Crippen LogP contribution in [0.2, 0.25) is 0 Å². The lowest BCUT2D eigenvalue weighted by molar-refractivity contribution is -0.126. The summed E-state index contributed by atoms with van der Waals surface area (Å²) in [6.45, 7) is 3.75. The molecular weight excluding hydrogens is 588 g/mol. The van der Waals surface area contributed by atoms with Crippen molar-refractivity contribution in [1.82, 2.24) is 25.8 Å². The van der Waals surface area contributed by atoms with Gasteiger partial charge in [-0.2, -0.15) is 0 Å². The smallest absolute Gasteiger partial charge is 0.271 e. The molecule has 16 heteroatoms. The molecule has 0 spiro atoms. The van der Waals surface area contributed by atoms with Gasteiger partial charge in [-0.3, -0.25) is 14.5 Å². The van der Waals surface area contributed by atoms with E-state index in [1.807, 2.05) is 6.92 Å². The number of carbonyl (C=O) groups excluding carboxylic acids is 2. The van der Waals surface area contributed by atoms with Crippen LogP contribution in [0.4, 0.5) is 23.5 Å². The third kappa shape index (κ3) is 7.16. The minimum atomic E-state index is -3.08. The lowest BCUT2D eigenvalue weighted by Crippen LogP contribution is -2.52. The van der Waals surface area contributed by atoms with E-state index in [0.29, 0.717) is 19.4 Å². The van der Waals surface area contributed by atoms with Crippen LogP contribution in [-0.4, -0.2) is 76.6 Å². The average Bonchev–Trinajstić information content (AvgIpc) is 3.63. The van der Waals surface area contributed by atoms with Crippen molar-refractivity contribution in [2.75, 3.05) is 25.2 Å². The molecule has 1 aromatic heterocycles. The number of carbonyl (C=O) groups is 2. The SMILES string of the molecule is CCCC(F)(F)CCC(NC(=O)C1=NONC1CC)c1cn2c(n1)N=C(C1COCCC1(F)F)C(C[C@H]1CCCNC1=O)N2. The van der Waals surface area contributed by atoms with Gasteiger partial charge in [-0.05, 0) is 32.1 Å². The Balaban J connectivity index is 1.45. The molecule has 0 saturated carbocycles. The molecular formula is C28H40F4N8O4. The van der Waals surface area contributed by atoms with Gasteiger partial charge in [0.15, 0.2) is 5.71 Å². The monoisotopic (exact) mass is 628 g/mol. The van der Waals surface area contributed by atoms with Crippen LogP contribution in [0.5, 0.6) is 0 Å². The summed E-state index contributed by atoms with van der Waals surface area (Å²) in [4.78, 5) is 39.7. The van der Waals surface area contributed by atoms with E-state index in [1.54, 1.807) is 6.92 Å². The molecule has 2 amide bonds. The summed E-state index contributed by atoms with van der Waals surface area (Å²) in [6.07, 6.45) is 2.48. The Kier molecular flexibility index (Phi) is 9.77. The molecule has 0 aromatic carbocycles. The number of imidazole rings is 1. The van der Waals surface area contributed by atoms with Gasteiger partial charge in [0.05, 0.1) is 54.9 Å². The van der Waals surface area contributed by atoms with E-state index in [4.69, 9.17) is 9.68 Å². The van der Waals surface area contributed by atoms with E-state index in [9.17, 15) is 18.4 Å². The van der Waals surface area contributed by atoms with Gasteiger partial charge in [-0.25, -0.2) is 32.2 Å². The summed E-state index contributed by atoms with van der Waals surface area (Å²) in [5.74, 6) is -8.49. The number of piperidine rings is 1. The van der Waals surface area contributed by atoms with Crippen molar-refractivity contribution in [2.24, 2.45) is 22.0 Å². The minimum Gasteiger partial charge on any atom is -0.380 e. The first-order valence-electron chi connectivity index (χ1n) is 15.4. The zero-order valence-corrected chi connectivity index (χ0v) is 24.9. The summed E-state index contributed by atoms with van der Waals surface area (Å²) in [6, 6.07) is -2.18. The molecule has 5 rings (SSSR count). The van der Waals surface area contributed by atoms with Gasteiger partial charge in [-0.15, -0.1) is 5.48 Å². The second-order valence-corrected chi connectivity index (χ2v) is 11.9. The molecule has 4 N–H and O–H groups in total. The Hall–Kier alpha value is -3.27. The first-order valence-corrected chi connectivity index (χ1v) is 15.4. The summed E-state index contributed by atoms with van der Waals surface area (Å²) in [5.41, 5.74) is 6.22. The number of aliphatic imine (C=N–C) groups is 1. The molecule has 5 atom stereocenters. The zero-order valence-electron chi connectivity index (χ0n) is 24.9. The number of aromatic nitrogens is 2. The van der Waals surface area contributed by atoms with E-state index in [0.717, 1.165) is 6.42 Å². The highest BCUT2D eigenvalue weighted by molar-refractivity contribution is 6.41. The van der Waals surface area contributed by atoms with E-state index in [1.165, 1.54) is 10.9 Å². The molecule has 5 heterocycles. The maximum absolute atomic E-state index is 15.2. The number of ether oxygens (including phenoxy) is 1. The highest BCUT2D eigenvalue weighted by Crippen LogP contribution is 2.38. The van der Waals surface area contributed by atoms with Gasteiger partial charge >= 0.3 is 0 Å². The fraction of sp³-hybridized carbons (Fsp3) is 0.750. The molecule has 1 aromatic rings. The second kappa shape index (κ2) is 13.4. The van der Waals surface area contributed by atoms with E-state index >= 15 is 8.78 Å². The summed E-state index contributed by atoms with van der Waals surface area (Å²) >= 11 is 0. The van der Waals surface area contributed by atoms with Gasteiger partial charge in [0.1, 0.15) is 0 Å². The number of amides is 2. The molecule has 12 nitrogen and oxygen atoms in total. The molecule has 44 heavy (non-hydrogen) atoms. The number of hydrogen-bond donors (Lipinski definition) is 4. The van der Waals surface area contributed by atoms with E-state index in [-0.39, 0.29) is 67.9 Å². The van der Waals surface area contributed by atoms with Crippen LogP contribution in [0.1, 0.15) is 83.4 Å². The minimum absolute atomic E-state index is 0.0370. The molecule has 0 radical (unpaired) electrons. The lowest BCUT2D eigenvalue weighted by Gasteiger charge is -2.38. The zero-order chi connectivity index (χ0) is 31.5. The average molecular weight is 629 g/mol. The Morgan fingerprint density at radius 1 is 1.27 bits per heavy atom. The number of nitrogens with zero attached hydrogens (tertiary/aromatic N) is 4. The highest BCUT2D eigenvalue weighted by Gasteiger charge is 2.49. The van der Waals surface area contributed by atoms with Crippen LogP contribution in [-0.2, 0) is 19.3 Å². The summed E-state index contributed by atoms with van der Waals surface area (Å²) < 4.78 is 66.4. The van der Waals surface area contributed by atoms with Crippen LogP contribution in [0.25, 0.3) is 0 Å². The molecule has 244 valence electrons. The summed E-state index contributed by atoms with van der Waals surface area (Å²) in [5, 5.41) is 9.35. The van der Waals surface area contributed by atoms with Crippen molar-refractivity contribution in [3.05, 3.63) is 11.9 Å². The first-order chi connectivity index (χ1) is 21.0. The second-order valence-electron chi connectivity index (χ2n) is 11.9. The number of hydrogen-bond acceptors (Lipinski definition) is 9. The standard InChI is InChI=1S/C28H40F4N8O4/c1-3-8-27(29,30)9-7-19(34-25(42)23-18(4-2)38-44-39-23)21-14-40-26(35-21)36-22(17-15-43-12-10-28(17,31)32)20(37-40)13-16-6-5-11-33-24(16)41/h14,16-20,37-38H,3-13,15H2,1-2H3,(H,33,41)(H,34,42)/t16-,17?,18?,19?,20?/m1/s1. The third-order valence-corrected chi connectivity index (χ3v) is 8.62. The number of hydroxylamine groups is 1. The number of rotatable bonds is 12.